The summed E-state index contributed by atoms with van der Waals surface area (Å²) in [5, 5.41) is 11.9. The maximum absolute atomic E-state index is 12.1. The van der Waals surface area contributed by atoms with E-state index in [1.54, 1.807) is 0 Å². The standard InChI is InChI=1S/C15H19NO3/c1-9(2)10-5-3-4-6-13(10)16-14(17)11-7-8-12(11)15(18)19/h3-6,9,11-12H,7-8H2,1-2H3,(H,16,17)(H,18,19). The molecule has 1 saturated carbocycles. The predicted molar refractivity (Wildman–Crippen MR) is 73.0 cm³/mol. The molecule has 2 rings (SSSR count). The zero-order valence-corrected chi connectivity index (χ0v) is 11.2. The quantitative estimate of drug-likeness (QED) is 0.875. The maximum Gasteiger partial charge on any atom is 0.307 e. The first-order valence-corrected chi connectivity index (χ1v) is 6.63. The summed E-state index contributed by atoms with van der Waals surface area (Å²) in [5.74, 6) is -1.65. The largest absolute Gasteiger partial charge is 0.481 e. The molecule has 2 unspecified atom stereocenters. The second-order valence-electron chi connectivity index (χ2n) is 5.36. The van der Waals surface area contributed by atoms with Gasteiger partial charge in [-0.2, -0.15) is 0 Å². The number of carbonyl (C=O) groups excluding carboxylic acids is 1. The summed E-state index contributed by atoms with van der Waals surface area (Å²) in [6, 6.07) is 7.66. The second kappa shape index (κ2) is 5.43. The Hall–Kier alpha value is -1.84. The van der Waals surface area contributed by atoms with E-state index in [2.05, 4.69) is 19.2 Å². The van der Waals surface area contributed by atoms with Crippen LogP contribution in [0.3, 0.4) is 0 Å². The molecule has 1 aliphatic carbocycles. The molecule has 0 radical (unpaired) electrons. The van der Waals surface area contributed by atoms with Crippen molar-refractivity contribution >= 4 is 17.6 Å². The van der Waals surface area contributed by atoms with Gasteiger partial charge in [0.25, 0.3) is 0 Å². The minimum Gasteiger partial charge on any atom is -0.481 e. The zero-order chi connectivity index (χ0) is 14.0. The molecule has 2 atom stereocenters. The average Bonchev–Trinajstić information content (AvgIpc) is 2.26. The summed E-state index contributed by atoms with van der Waals surface area (Å²) in [4.78, 5) is 23.1. The molecule has 0 heterocycles. The first-order chi connectivity index (χ1) is 9.00. The van der Waals surface area contributed by atoms with Gasteiger partial charge in [0, 0.05) is 5.69 Å². The van der Waals surface area contributed by atoms with Crippen LogP contribution >= 0.6 is 0 Å². The van der Waals surface area contributed by atoms with Gasteiger partial charge in [0.15, 0.2) is 0 Å². The van der Waals surface area contributed by atoms with Crippen molar-refractivity contribution in [2.45, 2.75) is 32.6 Å². The van der Waals surface area contributed by atoms with Gasteiger partial charge in [-0.05, 0) is 30.4 Å². The Bertz CT molecular complexity index is 496. The zero-order valence-electron chi connectivity index (χ0n) is 11.2. The van der Waals surface area contributed by atoms with E-state index in [1.807, 2.05) is 24.3 Å². The molecule has 0 bridgehead atoms. The number of rotatable bonds is 4. The number of para-hydroxylation sites is 1. The van der Waals surface area contributed by atoms with Gasteiger partial charge < -0.3 is 10.4 Å². The Morgan fingerprint density at radius 2 is 1.84 bits per heavy atom. The molecule has 4 heteroatoms. The highest BCUT2D eigenvalue weighted by atomic mass is 16.4. The van der Waals surface area contributed by atoms with Crippen LogP contribution in [0.5, 0.6) is 0 Å². The number of benzene rings is 1. The Morgan fingerprint density at radius 3 is 2.37 bits per heavy atom. The topological polar surface area (TPSA) is 66.4 Å². The summed E-state index contributed by atoms with van der Waals surface area (Å²) < 4.78 is 0. The Labute approximate surface area is 112 Å². The highest BCUT2D eigenvalue weighted by Gasteiger charge is 2.41. The lowest BCUT2D eigenvalue weighted by Crippen LogP contribution is -2.41. The molecule has 1 aliphatic rings. The number of hydrogen-bond acceptors (Lipinski definition) is 2. The number of carboxylic acids is 1. The Morgan fingerprint density at radius 1 is 1.21 bits per heavy atom. The van der Waals surface area contributed by atoms with E-state index in [9.17, 15) is 9.59 Å². The summed E-state index contributed by atoms with van der Waals surface area (Å²) in [5.41, 5.74) is 1.86. The van der Waals surface area contributed by atoms with Crippen LogP contribution in [0.1, 0.15) is 38.2 Å². The number of anilines is 1. The number of aliphatic carboxylic acids is 1. The number of carboxylic acid groups (broad SMARTS) is 1. The third-order valence-electron chi connectivity index (χ3n) is 3.77. The normalized spacial score (nSPS) is 21.8. The average molecular weight is 261 g/mol. The van der Waals surface area contributed by atoms with Crippen LogP contribution in [0, 0.1) is 11.8 Å². The van der Waals surface area contributed by atoms with Gasteiger partial charge in [-0.3, -0.25) is 9.59 Å². The molecular weight excluding hydrogens is 242 g/mol. The van der Waals surface area contributed by atoms with Crippen molar-refractivity contribution in [3.8, 4) is 0 Å². The van der Waals surface area contributed by atoms with Crippen molar-refractivity contribution < 1.29 is 14.7 Å². The SMILES string of the molecule is CC(C)c1ccccc1NC(=O)C1CCC1C(=O)O. The van der Waals surface area contributed by atoms with Crippen molar-refractivity contribution in [2.75, 3.05) is 5.32 Å². The van der Waals surface area contributed by atoms with E-state index in [-0.39, 0.29) is 5.91 Å². The molecule has 19 heavy (non-hydrogen) atoms. The van der Waals surface area contributed by atoms with Crippen molar-refractivity contribution in [3.05, 3.63) is 29.8 Å². The maximum atomic E-state index is 12.1. The summed E-state index contributed by atoms with van der Waals surface area (Å²) in [7, 11) is 0. The highest BCUT2D eigenvalue weighted by molar-refractivity contribution is 5.96. The first kappa shape index (κ1) is 13.6. The fourth-order valence-electron chi connectivity index (χ4n) is 2.45. The van der Waals surface area contributed by atoms with Crippen molar-refractivity contribution in [1.82, 2.24) is 0 Å². The lowest BCUT2D eigenvalue weighted by Gasteiger charge is -2.32. The molecule has 0 saturated heterocycles. The monoisotopic (exact) mass is 261 g/mol. The number of hydrogen-bond donors (Lipinski definition) is 2. The number of carbonyl (C=O) groups is 2. The van der Waals surface area contributed by atoms with Gasteiger partial charge in [0.05, 0.1) is 11.8 Å². The van der Waals surface area contributed by atoms with E-state index in [0.29, 0.717) is 18.8 Å². The second-order valence-corrected chi connectivity index (χ2v) is 5.36. The number of amides is 1. The smallest absolute Gasteiger partial charge is 0.307 e. The van der Waals surface area contributed by atoms with E-state index in [4.69, 9.17) is 5.11 Å². The van der Waals surface area contributed by atoms with Gasteiger partial charge in [-0.25, -0.2) is 0 Å². The van der Waals surface area contributed by atoms with Crippen molar-refractivity contribution in [2.24, 2.45) is 11.8 Å². The van der Waals surface area contributed by atoms with Crippen LogP contribution in [-0.2, 0) is 9.59 Å². The molecule has 1 aromatic carbocycles. The molecule has 4 nitrogen and oxygen atoms in total. The van der Waals surface area contributed by atoms with Crippen LogP contribution in [0.25, 0.3) is 0 Å². The molecular formula is C15H19NO3. The third kappa shape index (κ3) is 2.78. The van der Waals surface area contributed by atoms with E-state index in [0.717, 1.165) is 11.3 Å². The van der Waals surface area contributed by atoms with Crippen molar-refractivity contribution in [3.63, 3.8) is 0 Å². The molecule has 0 aliphatic heterocycles. The lowest BCUT2D eigenvalue weighted by molar-refractivity contribution is -0.151. The Balaban J connectivity index is 2.09. The van der Waals surface area contributed by atoms with Gasteiger partial charge in [-0.1, -0.05) is 32.0 Å². The molecule has 1 fully saturated rings. The molecule has 102 valence electrons. The van der Waals surface area contributed by atoms with Crippen LogP contribution < -0.4 is 5.32 Å². The molecule has 1 amide bonds. The van der Waals surface area contributed by atoms with Crippen LogP contribution in [-0.4, -0.2) is 17.0 Å². The fourth-order valence-corrected chi connectivity index (χ4v) is 2.45. The summed E-state index contributed by atoms with van der Waals surface area (Å²) >= 11 is 0. The minimum absolute atomic E-state index is 0.174. The first-order valence-electron chi connectivity index (χ1n) is 6.63. The van der Waals surface area contributed by atoms with Crippen LogP contribution in [0.2, 0.25) is 0 Å². The molecule has 2 N–H and O–H groups in total. The highest BCUT2D eigenvalue weighted by Crippen LogP contribution is 2.36. The lowest BCUT2D eigenvalue weighted by atomic mass is 9.73. The number of nitrogens with one attached hydrogen (secondary N) is 1. The van der Waals surface area contributed by atoms with Gasteiger partial charge in [0.1, 0.15) is 0 Å². The van der Waals surface area contributed by atoms with E-state index >= 15 is 0 Å². The molecule has 0 aromatic heterocycles. The molecule has 0 spiro atoms. The third-order valence-corrected chi connectivity index (χ3v) is 3.77. The van der Waals surface area contributed by atoms with Crippen molar-refractivity contribution in [1.29, 1.82) is 0 Å². The summed E-state index contributed by atoms with van der Waals surface area (Å²) in [6.45, 7) is 4.13. The molecule has 1 aromatic rings. The Kier molecular flexibility index (Phi) is 3.88. The van der Waals surface area contributed by atoms with Crippen LogP contribution in [0.15, 0.2) is 24.3 Å². The minimum atomic E-state index is -0.872. The van der Waals surface area contributed by atoms with E-state index in [1.165, 1.54) is 0 Å². The van der Waals surface area contributed by atoms with E-state index < -0.39 is 17.8 Å². The van der Waals surface area contributed by atoms with Crippen LogP contribution in [0.4, 0.5) is 5.69 Å². The van der Waals surface area contributed by atoms with Gasteiger partial charge in [-0.15, -0.1) is 0 Å². The van der Waals surface area contributed by atoms with Gasteiger partial charge >= 0.3 is 5.97 Å². The fraction of sp³-hybridized carbons (Fsp3) is 0.467. The van der Waals surface area contributed by atoms with Gasteiger partial charge in [0.2, 0.25) is 5.91 Å². The predicted octanol–water partition coefficient (Wildman–Crippen LogP) is 2.86. The summed E-state index contributed by atoms with van der Waals surface area (Å²) in [6.07, 6.45) is 1.26.